The van der Waals surface area contributed by atoms with Crippen LogP contribution in [0.15, 0.2) is 35.4 Å². The molecule has 4 nitrogen and oxygen atoms in total. The standard InChI is InChI=1S/C13H15N3OS/c1-9-3-5-11(6-4-9)18-8-12(17)15-13-10(2)7-14-16-13/h3-7H,8H2,1-2H3,(H2,14,15,16,17). The van der Waals surface area contributed by atoms with E-state index in [1.54, 1.807) is 6.20 Å². The maximum Gasteiger partial charge on any atom is 0.235 e. The van der Waals surface area contributed by atoms with E-state index in [0.29, 0.717) is 11.6 Å². The number of hydrogen-bond acceptors (Lipinski definition) is 3. The molecule has 0 aliphatic rings. The Morgan fingerprint density at radius 1 is 1.33 bits per heavy atom. The molecule has 0 radical (unpaired) electrons. The lowest BCUT2D eigenvalue weighted by atomic mass is 10.2. The highest BCUT2D eigenvalue weighted by atomic mass is 32.2. The number of amides is 1. The second-order valence-corrected chi connectivity index (χ2v) is 5.13. The second-order valence-electron chi connectivity index (χ2n) is 4.08. The number of aromatic amines is 1. The smallest absolute Gasteiger partial charge is 0.235 e. The summed E-state index contributed by atoms with van der Waals surface area (Å²) in [6.07, 6.45) is 1.68. The Labute approximate surface area is 110 Å². The molecular weight excluding hydrogens is 246 g/mol. The SMILES string of the molecule is Cc1ccc(SCC(=O)Nc2[nH]ncc2C)cc1. The third-order valence-corrected chi connectivity index (χ3v) is 3.50. The van der Waals surface area contributed by atoms with Crippen molar-refractivity contribution in [3.05, 3.63) is 41.6 Å². The average Bonchev–Trinajstić information content (AvgIpc) is 2.74. The van der Waals surface area contributed by atoms with Gasteiger partial charge in [-0.25, -0.2) is 0 Å². The Morgan fingerprint density at radius 2 is 2.06 bits per heavy atom. The molecule has 0 saturated carbocycles. The van der Waals surface area contributed by atoms with Crippen molar-refractivity contribution in [1.29, 1.82) is 0 Å². The maximum absolute atomic E-state index is 11.7. The van der Waals surface area contributed by atoms with E-state index in [0.717, 1.165) is 10.5 Å². The van der Waals surface area contributed by atoms with Crippen LogP contribution in [-0.2, 0) is 4.79 Å². The molecule has 2 aromatic rings. The molecule has 1 aromatic carbocycles. The quantitative estimate of drug-likeness (QED) is 0.832. The lowest BCUT2D eigenvalue weighted by molar-refractivity contribution is -0.113. The largest absolute Gasteiger partial charge is 0.310 e. The van der Waals surface area contributed by atoms with E-state index in [1.165, 1.54) is 17.3 Å². The van der Waals surface area contributed by atoms with E-state index in [9.17, 15) is 4.79 Å². The first kappa shape index (κ1) is 12.7. The Balaban J connectivity index is 1.85. The van der Waals surface area contributed by atoms with Gasteiger partial charge in [-0.3, -0.25) is 9.89 Å². The van der Waals surface area contributed by atoms with Crippen molar-refractivity contribution >= 4 is 23.5 Å². The Morgan fingerprint density at radius 3 is 2.67 bits per heavy atom. The number of hydrogen-bond donors (Lipinski definition) is 2. The van der Waals surface area contributed by atoms with Gasteiger partial charge in [-0.15, -0.1) is 11.8 Å². The number of rotatable bonds is 4. The van der Waals surface area contributed by atoms with Crippen LogP contribution in [0.2, 0.25) is 0 Å². The molecule has 94 valence electrons. The van der Waals surface area contributed by atoms with Gasteiger partial charge < -0.3 is 5.32 Å². The van der Waals surface area contributed by atoms with Gasteiger partial charge in [0.25, 0.3) is 0 Å². The predicted molar refractivity (Wildman–Crippen MR) is 73.9 cm³/mol. The maximum atomic E-state index is 11.7. The van der Waals surface area contributed by atoms with Crippen molar-refractivity contribution in [3.63, 3.8) is 0 Å². The van der Waals surface area contributed by atoms with Gasteiger partial charge in [0.2, 0.25) is 5.91 Å². The monoisotopic (exact) mass is 261 g/mol. The van der Waals surface area contributed by atoms with Crippen LogP contribution in [0.4, 0.5) is 5.82 Å². The van der Waals surface area contributed by atoms with Gasteiger partial charge >= 0.3 is 0 Å². The number of anilines is 1. The Hall–Kier alpha value is -1.75. The molecule has 1 aromatic heterocycles. The van der Waals surface area contributed by atoms with E-state index in [-0.39, 0.29) is 5.91 Å². The highest BCUT2D eigenvalue weighted by Gasteiger charge is 2.06. The van der Waals surface area contributed by atoms with Gasteiger partial charge in [-0.05, 0) is 26.0 Å². The summed E-state index contributed by atoms with van der Waals surface area (Å²) in [5.41, 5.74) is 2.15. The minimum Gasteiger partial charge on any atom is -0.310 e. The van der Waals surface area contributed by atoms with E-state index in [2.05, 4.69) is 15.5 Å². The first-order valence-corrected chi connectivity index (χ1v) is 6.63. The lowest BCUT2D eigenvalue weighted by Gasteiger charge is -2.04. The van der Waals surface area contributed by atoms with E-state index >= 15 is 0 Å². The van der Waals surface area contributed by atoms with Crippen LogP contribution in [0.5, 0.6) is 0 Å². The van der Waals surface area contributed by atoms with Crippen molar-refractivity contribution in [3.8, 4) is 0 Å². The molecule has 0 fully saturated rings. The molecule has 2 rings (SSSR count). The summed E-state index contributed by atoms with van der Waals surface area (Å²) in [6.45, 7) is 3.94. The van der Waals surface area contributed by atoms with E-state index in [4.69, 9.17) is 0 Å². The summed E-state index contributed by atoms with van der Waals surface area (Å²) in [4.78, 5) is 12.8. The molecule has 0 bridgehead atoms. The highest BCUT2D eigenvalue weighted by Crippen LogP contribution is 2.18. The third-order valence-electron chi connectivity index (χ3n) is 2.48. The number of thioether (sulfide) groups is 1. The molecule has 0 atom stereocenters. The predicted octanol–water partition coefficient (Wildman–Crippen LogP) is 2.76. The topological polar surface area (TPSA) is 57.8 Å². The van der Waals surface area contributed by atoms with Crippen LogP contribution in [0.3, 0.4) is 0 Å². The fourth-order valence-corrected chi connectivity index (χ4v) is 2.13. The summed E-state index contributed by atoms with van der Waals surface area (Å²) < 4.78 is 0. The number of carbonyl (C=O) groups is 1. The number of nitrogens with one attached hydrogen (secondary N) is 2. The van der Waals surface area contributed by atoms with Crippen molar-refractivity contribution < 1.29 is 4.79 Å². The number of aryl methyl sites for hydroxylation is 2. The normalized spacial score (nSPS) is 10.3. The molecular formula is C13H15N3OS. The molecule has 2 N–H and O–H groups in total. The van der Waals surface area contributed by atoms with Crippen LogP contribution >= 0.6 is 11.8 Å². The lowest BCUT2D eigenvalue weighted by Crippen LogP contribution is -2.14. The zero-order chi connectivity index (χ0) is 13.0. The second kappa shape index (κ2) is 5.73. The minimum atomic E-state index is -0.0343. The number of carbonyl (C=O) groups excluding carboxylic acids is 1. The van der Waals surface area contributed by atoms with Crippen LogP contribution in [0.1, 0.15) is 11.1 Å². The molecule has 18 heavy (non-hydrogen) atoms. The van der Waals surface area contributed by atoms with Crippen molar-refractivity contribution in [2.75, 3.05) is 11.1 Å². The summed E-state index contributed by atoms with van der Waals surface area (Å²) in [7, 11) is 0. The van der Waals surface area contributed by atoms with Crippen LogP contribution < -0.4 is 5.32 Å². The summed E-state index contributed by atoms with van der Waals surface area (Å²) >= 11 is 1.52. The van der Waals surface area contributed by atoms with Gasteiger partial charge in [-0.2, -0.15) is 5.10 Å². The Kier molecular flexibility index (Phi) is 4.04. The molecule has 0 saturated heterocycles. The average molecular weight is 261 g/mol. The minimum absolute atomic E-state index is 0.0343. The molecule has 0 spiro atoms. The van der Waals surface area contributed by atoms with Gasteiger partial charge in [0.1, 0.15) is 5.82 Å². The molecule has 1 amide bonds. The van der Waals surface area contributed by atoms with Crippen molar-refractivity contribution in [1.82, 2.24) is 10.2 Å². The molecule has 1 heterocycles. The molecule has 0 unspecified atom stereocenters. The molecule has 0 aliphatic heterocycles. The first-order chi connectivity index (χ1) is 8.65. The summed E-state index contributed by atoms with van der Waals surface area (Å²) in [5.74, 6) is 1.03. The fraction of sp³-hybridized carbons (Fsp3) is 0.231. The summed E-state index contributed by atoms with van der Waals surface area (Å²) in [5, 5.41) is 9.40. The summed E-state index contributed by atoms with van der Waals surface area (Å²) in [6, 6.07) is 8.13. The van der Waals surface area contributed by atoms with Gasteiger partial charge in [0, 0.05) is 10.5 Å². The number of nitrogens with zero attached hydrogens (tertiary/aromatic N) is 1. The fourth-order valence-electron chi connectivity index (χ4n) is 1.43. The zero-order valence-electron chi connectivity index (χ0n) is 10.4. The zero-order valence-corrected chi connectivity index (χ0v) is 11.2. The van der Waals surface area contributed by atoms with Crippen LogP contribution in [-0.4, -0.2) is 21.9 Å². The molecule has 5 heteroatoms. The first-order valence-electron chi connectivity index (χ1n) is 5.64. The Bertz CT molecular complexity index is 533. The van der Waals surface area contributed by atoms with Gasteiger partial charge in [0.15, 0.2) is 0 Å². The van der Waals surface area contributed by atoms with Gasteiger partial charge in [0.05, 0.1) is 11.9 Å². The van der Waals surface area contributed by atoms with E-state index < -0.39 is 0 Å². The third kappa shape index (κ3) is 3.37. The number of H-pyrrole nitrogens is 1. The highest BCUT2D eigenvalue weighted by molar-refractivity contribution is 8.00. The van der Waals surface area contributed by atoms with Crippen LogP contribution in [0, 0.1) is 13.8 Å². The number of benzene rings is 1. The van der Waals surface area contributed by atoms with E-state index in [1.807, 2.05) is 38.1 Å². The van der Waals surface area contributed by atoms with Crippen LogP contribution in [0.25, 0.3) is 0 Å². The molecule has 0 aliphatic carbocycles. The number of aromatic nitrogens is 2. The van der Waals surface area contributed by atoms with Gasteiger partial charge in [-0.1, -0.05) is 17.7 Å². The van der Waals surface area contributed by atoms with Crippen molar-refractivity contribution in [2.45, 2.75) is 18.7 Å². The van der Waals surface area contributed by atoms with Crippen molar-refractivity contribution in [2.24, 2.45) is 0 Å².